The molecular weight excluding hydrogens is 216 g/mol. The van der Waals surface area contributed by atoms with Crippen LogP contribution in [0.1, 0.15) is 62.3 Å². The van der Waals surface area contributed by atoms with Gasteiger partial charge in [0.1, 0.15) is 0 Å². The van der Waals surface area contributed by atoms with E-state index in [9.17, 15) is 4.79 Å². The van der Waals surface area contributed by atoms with Gasteiger partial charge in [-0.05, 0) is 15.1 Å². The van der Waals surface area contributed by atoms with E-state index in [4.69, 9.17) is 4.43 Å². The average molecular weight is 244 g/mol. The van der Waals surface area contributed by atoms with Crippen LogP contribution in [0.2, 0.25) is 15.1 Å². The van der Waals surface area contributed by atoms with Gasteiger partial charge < -0.3 is 4.43 Å². The first-order chi connectivity index (χ1) is 6.81. The van der Waals surface area contributed by atoms with Gasteiger partial charge in [-0.25, -0.2) is 0 Å². The van der Waals surface area contributed by atoms with Crippen LogP contribution in [0.3, 0.4) is 0 Å². The zero-order valence-corrected chi connectivity index (χ0v) is 13.4. The Morgan fingerprint density at radius 1 is 0.750 bits per heavy atom. The average Bonchev–Trinajstić information content (AvgIpc) is 1.91. The first-order valence-corrected chi connectivity index (χ1v) is 7.83. The first kappa shape index (κ1) is 15.7. The second kappa shape index (κ2) is 4.17. The van der Waals surface area contributed by atoms with Crippen molar-refractivity contribution in [3.8, 4) is 0 Å². The van der Waals surface area contributed by atoms with E-state index in [-0.39, 0.29) is 15.1 Å². The molecule has 2 nitrogen and oxygen atoms in total. The summed E-state index contributed by atoms with van der Waals surface area (Å²) in [6.07, 6.45) is 0. The van der Waals surface area contributed by atoms with E-state index < -0.39 is 8.32 Å². The van der Waals surface area contributed by atoms with Gasteiger partial charge in [0, 0.05) is 0 Å². The minimum absolute atomic E-state index is 0.0183. The lowest BCUT2D eigenvalue weighted by atomic mass is 10.2. The lowest BCUT2D eigenvalue weighted by molar-refractivity contribution is -0.122. The van der Waals surface area contributed by atoms with Crippen molar-refractivity contribution in [2.45, 2.75) is 77.4 Å². The molecule has 0 fully saturated rings. The molecule has 0 aromatic heterocycles. The Morgan fingerprint density at radius 2 is 1.00 bits per heavy atom. The predicted octanol–water partition coefficient (Wildman–Crippen LogP) is 4.51. The van der Waals surface area contributed by atoms with Crippen molar-refractivity contribution in [3.63, 3.8) is 0 Å². The van der Waals surface area contributed by atoms with Crippen molar-refractivity contribution < 1.29 is 9.22 Å². The van der Waals surface area contributed by atoms with Crippen molar-refractivity contribution in [1.82, 2.24) is 0 Å². The summed E-state index contributed by atoms with van der Waals surface area (Å²) in [6, 6.07) is 0. The Balaban J connectivity index is 5.92. The van der Waals surface area contributed by atoms with E-state index in [2.05, 4.69) is 62.3 Å². The summed E-state index contributed by atoms with van der Waals surface area (Å²) in [7, 11) is -2.27. The molecule has 0 saturated heterocycles. The quantitative estimate of drug-likeness (QED) is 0.528. The summed E-state index contributed by atoms with van der Waals surface area (Å²) < 4.78 is 5.78. The number of carbonyl (C=O) groups is 1. The van der Waals surface area contributed by atoms with Gasteiger partial charge in [0.15, 0.2) is 0 Å². The molecule has 0 unspecified atom stereocenters. The summed E-state index contributed by atoms with van der Waals surface area (Å²) in [6.45, 7) is 20.4. The Kier molecular flexibility index (Phi) is 4.09. The molecule has 0 radical (unpaired) electrons. The predicted molar refractivity (Wildman–Crippen MR) is 72.0 cm³/mol. The van der Waals surface area contributed by atoms with Gasteiger partial charge in [0.2, 0.25) is 0 Å². The lowest BCUT2D eigenvalue weighted by Gasteiger charge is -2.56. The summed E-state index contributed by atoms with van der Waals surface area (Å²) in [5.41, 5.74) is 0. The first-order valence-electron chi connectivity index (χ1n) is 5.93. The molecule has 96 valence electrons. The number of hydrogen-bond donors (Lipinski definition) is 0. The minimum Gasteiger partial charge on any atom is -0.520 e. The fourth-order valence-corrected chi connectivity index (χ4v) is 11.9. The number of carbonyl (C=O) groups excluding carboxylic acids is 1. The molecule has 0 aromatic carbocycles. The fraction of sp³-hybridized carbons (Fsp3) is 0.923. The van der Waals surface area contributed by atoms with Crippen LogP contribution in [0, 0.1) is 0 Å². The molecule has 0 rings (SSSR count). The lowest BCUT2D eigenvalue weighted by Crippen LogP contribution is -2.60. The third kappa shape index (κ3) is 2.34. The largest absolute Gasteiger partial charge is 0.520 e. The monoisotopic (exact) mass is 244 g/mol. The molecule has 0 amide bonds. The highest BCUT2D eigenvalue weighted by atomic mass is 28.4. The number of hydrogen-bond acceptors (Lipinski definition) is 2. The highest BCUT2D eigenvalue weighted by Gasteiger charge is 2.63. The van der Waals surface area contributed by atoms with E-state index in [1.807, 2.05) is 0 Å². The Morgan fingerprint density at radius 3 is 1.06 bits per heavy atom. The van der Waals surface area contributed by atoms with Crippen LogP contribution in [0.15, 0.2) is 0 Å². The van der Waals surface area contributed by atoms with Crippen LogP contribution in [0.5, 0.6) is 0 Å². The summed E-state index contributed by atoms with van der Waals surface area (Å²) in [5.74, 6) is 0. The molecule has 0 aliphatic rings. The van der Waals surface area contributed by atoms with Gasteiger partial charge in [-0.3, -0.25) is 4.79 Å². The van der Waals surface area contributed by atoms with E-state index in [1.165, 1.54) is 0 Å². The van der Waals surface area contributed by atoms with Crippen molar-refractivity contribution >= 4 is 14.8 Å². The maximum atomic E-state index is 11.0. The van der Waals surface area contributed by atoms with Crippen LogP contribution in [0.4, 0.5) is 0 Å². The van der Waals surface area contributed by atoms with Gasteiger partial charge in [0.25, 0.3) is 14.8 Å². The van der Waals surface area contributed by atoms with Crippen LogP contribution in [-0.4, -0.2) is 14.8 Å². The van der Waals surface area contributed by atoms with Crippen LogP contribution >= 0.6 is 0 Å². The Bertz CT molecular complexity index is 215. The third-order valence-electron chi connectivity index (χ3n) is 3.39. The highest BCUT2D eigenvalue weighted by Crippen LogP contribution is 2.62. The third-order valence-corrected chi connectivity index (χ3v) is 10.2. The van der Waals surface area contributed by atoms with Crippen LogP contribution in [0.25, 0.3) is 0 Å². The zero-order chi connectivity index (χ0) is 13.4. The minimum atomic E-state index is -2.27. The van der Waals surface area contributed by atoms with Crippen molar-refractivity contribution in [3.05, 3.63) is 0 Å². The van der Waals surface area contributed by atoms with Crippen molar-refractivity contribution in [2.75, 3.05) is 0 Å². The topological polar surface area (TPSA) is 26.3 Å². The Labute approximate surface area is 102 Å². The van der Waals surface area contributed by atoms with Gasteiger partial charge in [-0.15, -0.1) is 0 Å². The maximum Gasteiger partial charge on any atom is 0.279 e. The molecule has 0 aromatic rings. The number of rotatable bonds is 2. The maximum absolute atomic E-state index is 11.0. The molecular formula is C13H28O2Si. The van der Waals surface area contributed by atoms with Crippen molar-refractivity contribution in [1.29, 1.82) is 0 Å². The molecule has 0 saturated carbocycles. The molecule has 0 atom stereocenters. The van der Waals surface area contributed by atoms with Crippen molar-refractivity contribution in [2.24, 2.45) is 0 Å². The highest BCUT2D eigenvalue weighted by molar-refractivity contribution is 6.82. The molecule has 3 heteroatoms. The van der Waals surface area contributed by atoms with E-state index in [0.29, 0.717) is 6.47 Å². The van der Waals surface area contributed by atoms with E-state index in [0.717, 1.165) is 0 Å². The second-order valence-corrected chi connectivity index (χ2v) is 13.7. The molecule has 0 aliphatic carbocycles. The van der Waals surface area contributed by atoms with Gasteiger partial charge in [-0.1, -0.05) is 62.3 Å². The van der Waals surface area contributed by atoms with E-state index >= 15 is 0 Å². The molecule has 0 N–H and O–H groups in total. The van der Waals surface area contributed by atoms with Gasteiger partial charge >= 0.3 is 0 Å². The van der Waals surface area contributed by atoms with Crippen LogP contribution < -0.4 is 0 Å². The van der Waals surface area contributed by atoms with E-state index in [1.54, 1.807) is 0 Å². The fourth-order valence-electron chi connectivity index (χ4n) is 3.98. The van der Waals surface area contributed by atoms with Crippen LogP contribution in [-0.2, 0) is 9.22 Å². The smallest absolute Gasteiger partial charge is 0.279 e. The summed E-state index contributed by atoms with van der Waals surface area (Å²) in [5, 5.41) is 0.0548. The summed E-state index contributed by atoms with van der Waals surface area (Å²) >= 11 is 0. The normalized spacial score (nSPS) is 14.8. The van der Waals surface area contributed by atoms with Gasteiger partial charge in [-0.2, -0.15) is 0 Å². The SMILES string of the molecule is CC(C)(C)[Si](OC=O)(C(C)(C)C)C(C)(C)C. The Hall–Kier alpha value is -0.313. The molecule has 16 heavy (non-hydrogen) atoms. The molecule has 0 bridgehead atoms. The molecule has 0 heterocycles. The van der Waals surface area contributed by atoms with Gasteiger partial charge in [0.05, 0.1) is 0 Å². The zero-order valence-electron chi connectivity index (χ0n) is 12.4. The second-order valence-electron chi connectivity index (χ2n) is 7.65. The molecule has 0 spiro atoms. The summed E-state index contributed by atoms with van der Waals surface area (Å²) in [4.78, 5) is 11.0. The molecule has 0 aliphatic heterocycles. The standard InChI is InChI=1S/C13H28O2Si/c1-11(2,3)16(15-10-14,12(4,5)6)13(7,8)9/h10H,1-9H3.